The van der Waals surface area contributed by atoms with Crippen molar-refractivity contribution in [3.05, 3.63) is 0 Å². The Labute approximate surface area is 108 Å². The van der Waals surface area contributed by atoms with Crippen LogP contribution in [-0.2, 0) is 0 Å². The Morgan fingerprint density at radius 2 is 2.00 bits per heavy atom. The quantitative estimate of drug-likeness (QED) is 0.701. The topological polar surface area (TPSA) is 15.3 Å². The molecule has 0 heterocycles. The Hall–Kier alpha value is -0.0800. The van der Waals surface area contributed by atoms with Crippen molar-refractivity contribution in [1.29, 1.82) is 0 Å². The van der Waals surface area contributed by atoms with E-state index in [0.717, 1.165) is 18.4 Å². The van der Waals surface area contributed by atoms with Crippen molar-refractivity contribution in [2.45, 2.75) is 53.5 Å². The van der Waals surface area contributed by atoms with Crippen molar-refractivity contribution >= 4 is 0 Å². The zero-order valence-corrected chi connectivity index (χ0v) is 12.7. The van der Waals surface area contributed by atoms with Crippen LogP contribution in [0.25, 0.3) is 0 Å². The maximum absolute atomic E-state index is 3.63. The Kier molecular flexibility index (Phi) is 5.46. The van der Waals surface area contributed by atoms with Crippen LogP contribution in [0.4, 0.5) is 0 Å². The van der Waals surface area contributed by atoms with Crippen molar-refractivity contribution in [3.63, 3.8) is 0 Å². The van der Waals surface area contributed by atoms with Gasteiger partial charge in [0.2, 0.25) is 0 Å². The second-order valence-electron chi connectivity index (χ2n) is 6.83. The molecule has 1 aliphatic carbocycles. The first-order valence-electron chi connectivity index (χ1n) is 7.28. The molecule has 0 amide bonds. The summed E-state index contributed by atoms with van der Waals surface area (Å²) in [5, 5.41) is 3.63. The molecule has 1 saturated carbocycles. The van der Waals surface area contributed by atoms with Gasteiger partial charge in [-0.2, -0.15) is 0 Å². The van der Waals surface area contributed by atoms with Gasteiger partial charge in [0.1, 0.15) is 0 Å². The lowest BCUT2D eigenvalue weighted by Crippen LogP contribution is -2.46. The van der Waals surface area contributed by atoms with Gasteiger partial charge in [-0.1, -0.05) is 27.7 Å². The van der Waals surface area contributed by atoms with Crippen molar-refractivity contribution in [1.82, 2.24) is 10.2 Å². The first-order valence-corrected chi connectivity index (χ1v) is 7.28. The Morgan fingerprint density at radius 3 is 2.47 bits per heavy atom. The predicted molar refractivity (Wildman–Crippen MR) is 76.3 cm³/mol. The Morgan fingerprint density at radius 1 is 1.41 bits per heavy atom. The fraction of sp³-hybridized carbons (Fsp3) is 1.00. The highest BCUT2D eigenvalue weighted by Gasteiger charge is 2.35. The summed E-state index contributed by atoms with van der Waals surface area (Å²) < 4.78 is 0. The molecular formula is C15H32N2. The van der Waals surface area contributed by atoms with Crippen LogP contribution in [0, 0.1) is 17.3 Å². The molecule has 2 heteroatoms. The maximum atomic E-state index is 3.63. The van der Waals surface area contributed by atoms with E-state index in [-0.39, 0.29) is 0 Å². The minimum absolute atomic E-state index is 0.349. The van der Waals surface area contributed by atoms with Crippen LogP contribution in [-0.4, -0.2) is 37.6 Å². The summed E-state index contributed by atoms with van der Waals surface area (Å²) in [5.41, 5.74) is 0.349. The van der Waals surface area contributed by atoms with Gasteiger partial charge in [-0.25, -0.2) is 0 Å². The molecule has 1 rings (SSSR count). The van der Waals surface area contributed by atoms with Crippen molar-refractivity contribution in [3.8, 4) is 0 Å². The zero-order chi connectivity index (χ0) is 13.1. The summed E-state index contributed by atoms with van der Waals surface area (Å²) in [6, 6.07) is 0.585. The SMILES string of the molecule is CCCNC(C)C(C)(C)CN(C)CC1CC1C. The Bertz CT molecular complexity index is 225. The van der Waals surface area contributed by atoms with E-state index in [1.54, 1.807) is 0 Å². The lowest BCUT2D eigenvalue weighted by atomic mass is 9.84. The molecule has 3 atom stereocenters. The summed E-state index contributed by atoms with van der Waals surface area (Å²) in [7, 11) is 2.28. The maximum Gasteiger partial charge on any atom is 0.0102 e. The summed E-state index contributed by atoms with van der Waals surface area (Å²) >= 11 is 0. The standard InChI is InChI=1S/C15H32N2/c1-7-8-16-13(3)15(4,5)11-17(6)10-14-9-12(14)2/h12-14,16H,7-11H2,1-6H3. The third kappa shape index (κ3) is 4.97. The van der Waals surface area contributed by atoms with E-state index in [2.05, 4.69) is 51.9 Å². The second kappa shape index (κ2) is 6.19. The molecular weight excluding hydrogens is 208 g/mol. The van der Waals surface area contributed by atoms with Gasteiger partial charge in [0, 0.05) is 19.1 Å². The molecule has 17 heavy (non-hydrogen) atoms. The molecule has 102 valence electrons. The molecule has 0 aliphatic heterocycles. The van der Waals surface area contributed by atoms with E-state index < -0.39 is 0 Å². The van der Waals surface area contributed by atoms with Crippen LogP contribution in [0.3, 0.4) is 0 Å². The molecule has 0 aromatic rings. The minimum atomic E-state index is 0.349. The van der Waals surface area contributed by atoms with Gasteiger partial charge in [-0.3, -0.25) is 0 Å². The van der Waals surface area contributed by atoms with Gasteiger partial charge < -0.3 is 10.2 Å². The predicted octanol–water partition coefficient (Wildman–Crippen LogP) is 2.99. The first-order chi connectivity index (χ1) is 7.86. The molecule has 0 saturated heterocycles. The molecule has 0 bridgehead atoms. The average Bonchev–Trinajstić information content (AvgIpc) is 2.89. The third-order valence-electron chi connectivity index (χ3n) is 4.37. The first kappa shape index (κ1) is 15.0. The number of rotatable bonds is 8. The van der Waals surface area contributed by atoms with Crippen molar-refractivity contribution in [2.24, 2.45) is 17.3 Å². The van der Waals surface area contributed by atoms with Crippen LogP contribution in [0.15, 0.2) is 0 Å². The van der Waals surface area contributed by atoms with Gasteiger partial charge in [-0.05, 0) is 50.6 Å². The van der Waals surface area contributed by atoms with E-state index in [4.69, 9.17) is 0 Å². The van der Waals surface area contributed by atoms with E-state index in [1.165, 1.54) is 25.9 Å². The lowest BCUT2D eigenvalue weighted by molar-refractivity contribution is 0.159. The highest BCUT2D eigenvalue weighted by Crippen LogP contribution is 2.38. The Balaban J connectivity index is 2.30. The van der Waals surface area contributed by atoms with Crippen LogP contribution >= 0.6 is 0 Å². The van der Waals surface area contributed by atoms with E-state index >= 15 is 0 Å². The molecule has 2 nitrogen and oxygen atoms in total. The van der Waals surface area contributed by atoms with Gasteiger partial charge in [0.25, 0.3) is 0 Å². The van der Waals surface area contributed by atoms with Gasteiger partial charge in [0.05, 0.1) is 0 Å². The number of hydrogen-bond acceptors (Lipinski definition) is 2. The molecule has 0 aromatic carbocycles. The normalized spacial score (nSPS) is 26.3. The summed E-state index contributed by atoms with van der Waals surface area (Å²) in [6.45, 7) is 15.3. The monoisotopic (exact) mass is 240 g/mol. The number of nitrogens with zero attached hydrogens (tertiary/aromatic N) is 1. The largest absolute Gasteiger partial charge is 0.314 e. The number of hydrogen-bond donors (Lipinski definition) is 1. The van der Waals surface area contributed by atoms with Crippen LogP contribution in [0.1, 0.15) is 47.5 Å². The average molecular weight is 240 g/mol. The number of nitrogens with one attached hydrogen (secondary N) is 1. The van der Waals surface area contributed by atoms with Crippen LogP contribution < -0.4 is 5.32 Å². The minimum Gasteiger partial charge on any atom is -0.314 e. The van der Waals surface area contributed by atoms with Crippen LogP contribution in [0.5, 0.6) is 0 Å². The lowest BCUT2D eigenvalue weighted by Gasteiger charge is -2.36. The van der Waals surface area contributed by atoms with E-state index in [0.29, 0.717) is 11.5 Å². The van der Waals surface area contributed by atoms with Crippen molar-refractivity contribution < 1.29 is 0 Å². The van der Waals surface area contributed by atoms with Gasteiger partial charge >= 0.3 is 0 Å². The molecule has 1 fully saturated rings. The van der Waals surface area contributed by atoms with Gasteiger partial charge in [0.15, 0.2) is 0 Å². The highest BCUT2D eigenvalue weighted by atomic mass is 15.1. The third-order valence-corrected chi connectivity index (χ3v) is 4.37. The fourth-order valence-electron chi connectivity index (χ4n) is 2.59. The van der Waals surface area contributed by atoms with Crippen LogP contribution in [0.2, 0.25) is 0 Å². The molecule has 1 aliphatic rings. The molecule has 0 spiro atoms. The molecule has 1 N–H and O–H groups in total. The molecule has 3 unspecified atom stereocenters. The summed E-state index contributed by atoms with van der Waals surface area (Å²) in [4.78, 5) is 2.53. The highest BCUT2D eigenvalue weighted by molar-refractivity contribution is 4.88. The summed E-state index contributed by atoms with van der Waals surface area (Å²) in [5.74, 6) is 1.94. The smallest absolute Gasteiger partial charge is 0.0102 e. The van der Waals surface area contributed by atoms with Crippen molar-refractivity contribution in [2.75, 3.05) is 26.7 Å². The van der Waals surface area contributed by atoms with E-state index in [9.17, 15) is 0 Å². The second-order valence-corrected chi connectivity index (χ2v) is 6.83. The molecule has 0 aromatic heterocycles. The van der Waals surface area contributed by atoms with E-state index in [1.807, 2.05) is 0 Å². The fourth-order valence-corrected chi connectivity index (χ4v) is 2.59. The van der Waals surface area contributed by atoms with Gasteiger partial charge in [-0.15, -0.1) is 0 Å². The molecule has 0 radical (unpaired) electrons. The zero-order valence-electron chi connectivity index (χ0n) is 12.7. The summed E-state index contributed by atoms with van der Waals surface area (Å²) in [6.07, 6.45) is 2.66.